The minimum atomic E-state index is 0.980. The molecular formula is C17H24. The van der Waals surface area contributed by atoms with Gasteiger partial charge < -0.3 is 0 Å². The normalized spacial score (nSPS) is 40.5. The molecule has 0 radical (unpaired) electrons. The van der Waals surface area contributed by atoms with Crippen LogP contribution < -0.4 is 0 Å². The van der Waals surface area contributed by atoms with Gasteiger partial charge in [-0.15, -0.1) is 0 Å². The van der Waals surface area contributed by atoms with Crippen molar-refractivity contribution in [3.8, 4) is 0 Å². The molecule has 3 unspecified atom stereocenters. The highest BCUT2D eigenvalue weighted by molar-refractivity contribution is 5.42. The molecule has 0 aliphatic heterocycles. The van der Waals surface area contributed by atoms with Crippen LogP contribution in [0, 0.1) is 17.8 Å². The molecule has 0 bridgehead atoms. The molecule has 0 amide bonds. The summed E-state index contributed by atoms with van der Waals surface area (Å²) in [5.41, 5.74) is 5.54. The van der Waals surface area contributed by atoms with Crippen molar-refractivity contribution >= 4 is 0 Å². The zero-order valence-corrected chi connectivity index (χ0v) is 10.9. The standard InChI is InChI=1S/C17H24/c1-2-6-14-12(4-1)8-10-17-15-7-3-5-13(15)9-11-16(14)17/h11,13,15,17H,1-10H2. The molecule has 4 rings (SSSR count). The van der Waals surface area contributed by atoms with Crippen molar-refractivity contribution in [1.29, 1.82) is 0 Å². The lowest BCUT2D eigenvalue weighted by molar-refractivity contribution is 0.256. The van der Waals surface area contributed by atoms with Gasteiger partial charge in [0.2, 0.25) is 0 Å². The SMILES string of the molecule is C1=C2C3=C(CCCC3)CCC2C2CCCC2C1. The molecule has 0 heteroatoms. The van der Waals surface area contributed by atoms with Crippen molar-refractivity contribution in [1.82, 2.24) is 0 Å². The first-order valence-corrected chi connectivity index (χ1v) is 7.85. The fourth-order valence-electron chi connectivity index (χ4n) is 5.19. The maximum atomic E-state index is 2.66. The van der Waals surface area contributed by atoms with Crippen LogP contribution >= 0.6 is 0 Å². The highest BCUT2D eigenvalue weighted by Crippen LogP contribution is 2.53. The number of fused-ring (bicyclic) bond motifs is 4. The van der Waals surface area contributed by atoms with E-state index in [9.17, 15) is 0 Å². The molecule has 0 saturated heterocycles. The topological polar surface area (TPSA) is 0 Å². The molecule has 0 spiro atoms. The molecule has 1 fully saturated rings. The molecule has 0 nitrogen and oxygen atoms in total. The highest BCUT2D eigenvalue weighted by atomic mass is 14.5. The van der Waals surface area contributed by atoms with E-state index < -0.39 is 0 Å². The predicted octanol–water partition coefficient (Wildman–Crippen LogP) is 5.01. The second-order valence-corrected chi connectivity index (χ2v) is 6.68. The molecule has 4 aliphatic carbocycles. The molecule has 1 saturated carbocycles. The molecule has 0 N–H and O–H groups in total. The van der Waals surface area contributed by atoms with Gasteiger partial charge in [0, 0.05) is 0 Å². The van der Waals surface area contributed by atoms with Gasteiger partial charge in [-0.1, -0.05) is 18.1 Å². The second kappa shape index (κ2) is 4.00. The van der Waals surface area contributed by atoms with Gasteiger partial charge in [0.15, 0.2) is 0 Å². The summed E-state index contributed by atoms with van der Waals surface area (Å²) in [5.74, 6) is 3.12. The van der Waals surface area contributed by atoms with E-state index in [1.54, 1.807) is 0 Å². The molecule has 0 heterocycles. The Morgan fingerprint density at radius 1 is 0.882 bits per heavy atom. The van der Waals surface area contributed by atoms with Gasteiger partial charge in [-0.2, -0.15) is 0 Å². The quantitative estimate of drug-likeness (QED) is 0.546. The Morgan fingerprint density at radius 3 is 2.82 bits per heavy atom. The molecule has 92 valence electrons. The van der Waals surface area contributed by atoms with E-state index in [1.165, 1.54) is 64.2 Å². The second-order valence-electron chi connectivity index (χ2n) is 6.68. The summed E-state index contributed by atoms with van der Waals surface area (Å²) in [6.45, 7) is 0. The Balaban J connectivity index is 1.71. The third-order valence-corrected chi connectivity index (χ3v) is 5.96. The van der Waals surface area contributed by atoms with Gasteiger partial charge in [-0.25, -0.2) is 0 Å². The Bertz CT molecular complexity index is 385. The van der Waals surface area contributed by atoms with Gasteiger partial charge in [0.25, 0.3) is 0 Å². The Labute approximate surface area is 105 Å². The Morgan fingerprint density at radius 2 is 1.82 bits per heavy atom. The maximum Gasteiger partial charge on any atom is -0.0128 e. The van der Waals surface area contributed by atoms with Gasteiger partial charge in [0.05, 0.1) is 0 Å². The van der Waals surface area contributed by atoms with Crippen LogP contribution in [0.15, 0.2) is 22.8 Å². The van der Waals surface area contributed by atoms with Gasteiger partial charge in [-0.05, 0) is 86.7 Å². The Hall–Kier alpha value is -0.520. The molecule has 17 heavy (non-hydrogen) atoms. The van der Waals surface area contributed by atoms with E-state index in [1.807, 2.05) is 16.7 Å². The van der Waals surface area contributed by atoms with Gasteiger partial charge in [0.1, 0.15) is 0 Å². The fraction of sp³-hybridized carbons (Fsp3) is 0.765. The number of hydrogen-bond donors (Lipinski definition) is 0. The summed E-state index contributed by atoms with van der Waals surface area (Å²) in [6, 6.07) is 0. The van der Waals surface area contributed by atoms with Crippen molar-refractivity contribution in [3.63, 3.8) is 0 Å². The molecule has 0 aromatic carbocycles. The van der Waals surface area contributed by atoms with Crippen LogP contribution in [0.5, 0.6) is 0 Å². The van der Waals surface area contributed by atoms with Crippen molar-refractivity contribution in [3.05, 3.63) is 22.8 Å². The average molecular weight is 228 g/mol. The number of allylic oxidation sites excluding steroid dienone is 4. The van der Waals surface area contributed by atoms with E-state index >= 15 is 0 Å². The van der Waals surface area contributed by atoms with Crippen molar-refractivity contribution in [2.24, 2.45) is 17.8 Å². The van der Waals surface area contributed by atoms with Crippen LogP contribution in [0.1, 0.15) is 64.2 Å². The number of hydrogen-bond acceptors (Lipinski definition) is 0. The smallest absolute Gasteiger partial charge is 0.0128 e. The van der Waals surface area contributed by atoms with Crippen LogP contribution in [0.4, 0.5) is 0 Å². The minimum absolute atomic E-state index is 0.980. The van der Waals surface area contributed by atoms with E-state index in [0.29, 0.717) is 0 Å². The zero-order valence-electron chi connectivity index (χ0n) is 10.9. The van der Waals surface area contributed by atoms with Gasteiger partial charge >= 0.3 is 0 Å². The third kappa shape index (κ3) is 1.56. The summed E-state index contributed by atoms with van der Waals surface area (Å²) in [5, 5.41) is 0. The van der Waals surface area contributed by atoms with E-state index in [0.717, 1.165) is 17.8 Å². The largest absolute Gasteiger partial charge is 0.0805 e. The first-order chi connectivity index (χ1) is 8.43. The summed E-state index contributed by atoms with van der Waals surface area (Å²) >= 11 is 0. The maximum absolute atomic E-state index is 2.66. The summed E-state index contributed by atoms with van der Waals surface area (Å²) in [6.07, 6.45) is 17.3. The van der Waals surface area contributed by atoms with Crippen LogP contribution in [-0.2, 0) is 0 Å². The summed E-state index contributed by atoms with van der Waals surface area (Å²) < 4.78 is 0. The zero-order chi connectivity index (χ0) is 11.2. The molecule has 0 aromatic heterocycles. The first-order valence-electron chi connectivity index (χ1n) is 7.85. The van der Waals surface area contributed by atoms with E-state index in [-0.39, 0.29) is 0 Å². The first kappa shape index (κ1) is 10.4. The Kier molecular flexibility index (Phi) is 2.45. The predicted molar refractivity (Wildman–Crippen MR) is 71.7 cm³/mol. The van der Waals surface area contributed by atoms with Crippen LogP contribution in [0.2, 0.25) is 0 Å². The van der Waals surface area contributed by atoms with Gasteiger partial charge in [-0.3, -0.25) is 0 Å². The van der Waals surface area contributed by atoms with E-state index in [2.05, 4.69) is 6.08 Å². The number of rotatable bonds is 0. The lowest BCUT2D eigenvalue weighted by Gasteiger charge is -2.41. The monoisotopic (exact) mass is 228 g/mol. The van der Waals surface area contributed by atoms with Crippen LogP contribution in [0.25, 0.3) is 0 Å². The summed E-state index contributed by atoms with van der Waals surface area (Å²) in [7, 11) is 0. The molecule has 4 aliphatic rings. The highest BCUT2D eigenvalue weighted by Gasteiger charge is 2.40. The van der Waals surface area contributed by atoms with Crippen molar-refractivity contribution in [2.75, 3.05) is 0 Å². The van der Waals surface area contributed by atoms with Crippen molar-refractivity contribution < 1.29 is 0 Å². The molecule has 0 aromatic rings. The molecular weight excluding hydrogens is 204 g/mol. The van der Waals surface area contributed by atoms with Crippen LogP contribution in [0.3, 0.4) is 0 Å². The average Bonchev–Trinajstić information content (AvgIpc) is 2.86. The summed E-state index contributed by atoms with van der Waals surface area (Å²) in [4.78, 5) is 0. The fourth-order valence-corrected chi connectivity index (χ4v) is 5.19. The lowest BCUT2D eigenvalue weighted by Crippen LogP contribution is -2.29. The molecule has 3 atom stereocenters. The van der Waals surface area contributed by atoms with Crippen molar-refractivity contribution in [2.45, 2.75) is 64.2 Å². The third-order valence-electron chi connectivity index (χ3n) is 5.96. The minimum Gasteiger partial charge on any atom is -0.0805 e. The lowest BCUT2D eigenvalue weighted by atomic mass is 9.64. The van der Waals surface area contributed by atoms with Crippen LogP contribution in [-0.4, -0.2) is 0 Å². The van der Waals surface area contributed by atoms with E-state index in [4.69, 9.17) is 0 Å².